The molecule has 0 unspecified atom stereocenters. The van der Waals surface area contributed by atoms with Crippen LogP contribution in [0.15, 0.2) is 72.8 Å². The Balaban J connectivity index is 0.00000441. The summed E-state index contributed by atoms with van der Waals surface area (Å²) in [7, 11) is 0. The van der Waals surface area contributed by atoms with E-state index in [-0.39, 0.29) is 41.3 Å². The van der Waals surface area contributed by atoms with Gasteiger partial charge in [-0.1, -0.05) is 123 Å². The van der Waals surface area contributed by atoms with Gasteiger partial charge >= 0.3 is 25.4 Å². The second-order valence-electron chi connectivity index (χ2n) is 17.5. The van der Waals surface area contributed by atoms with Gasteiger partial charge in [0.25, 0.3) is 0 Å². The fourth-order valence-corrected chi connectivity index (χ4v) is 7.81. The first kappa shape index (κ1) is 37.3. The van der Waals surface area contributed by atoms with Gasteiger partial charge in [-0.3, -0.25) is 0 Å². The van der Waals surface area contributed by atoms with E-state index in [2.05, 4.69) is 86.6 Å². The number of hydrogen-bond donors (Lipinski definition) is 1. The molecule has 0 aliphatic carbocycles. The van der Waals surface area contributed by atoms with Crippen molar-refractivity contribution in [1.82, 2.24) is 39.9 Å². The van der Waals surface area contributed by atoms with Crippen LogP contribution in [-0.4, -0.2) is 41.0 Å². The van der Waals surface area contributed by atoms with Crippen molar-refractivity contribution in [3.8, 4) is 45.6 Å². The van der Waals surface area contributed by atoms with Crippen LogP contribution < -0.4 is 9.97 Å². The van der Waals surface area contributed by atoms with E-state index in [0.29, 0.717) is 57.0 Å². The van der Waals surface area contributed by atoms with Crippen LogP contribution >= 0.6 is 0 Å². The zero-order valence-corrected chi connectivity index (χ0v) is 36.0. The van der Waals surface area contributed by atoms with Crippen LogP contribution in [0.2, 0.25) is 0 Å². The number of fused-ring (bicyclic) bond motifs is 20. The first-order valence-electron chi connectivity index (χ1n) is 18.5. The van der Waals surface area contributed by atoms with E-state index in [9.17, 15) is 9.90 Å². The average molecular weight is 790 g/mol. The molecular weight excluding hydrogens is 750 g/mol. The maximum atomic E-state index is 12.2. The van der Waals surface area contributed by atoms with E-state index in [1.54, 1.807) is 18.2 Å². The second-order valence-corrected chi connectivity index (χ2v) is 17.5. The van der Waals surface area contributed by atoms with E-state index in [1.807, 2.05) is 30.3 Å². The second kappa shape index (κ2) is 12.7. The predicted molar refractivity (Wildman–Crippen MR) is 217 cm³/mol. The van der Waals surface area contributed by atoms with Crippen molar-refractivity contribution in [3.63, 3.8) is 0 Å². The number of aromatic carboxylic acids is 1. The molecule has 9 rings (SSSR count). The summed E-state index contributed by atoms with van der Waals surface area (Å²) in [5.41, 5.74) is 7.43. The molecule has 0 saturated heterocycles. The number of aromatic nitrogens is 8. The van der Waals surface area contributed by atoms with Gasteiger partial charge < -0.3 is 35.0 Å². The number of rotatable bonds is 1. The summed E-state index contributed by atoms with van der Waals surface area (Å²) in [6.07, 6.45) is 0. The van der Waals surface area contributed by atoms with Gasteiger partial charge in [0.1, 0.15) is 0 Å². The van der Waals surface area contributed by atoms with Crippen LogP contribution in [0.1, 0.15) is 89.4 Å². The van der Waals surface area contributed by atoms with Crippen molar-refractivity contribution in [3.05, 3.63) is 95.1 Å². The van der Waals surface area contributed by atoms with Gasteiger partial charge in [-0.25, -0.2) is 14.8 Å². The Kier molecular flexibility index (Phi) is 8.44. The number of carbonyl (C=O) groups is 1. The zero-order valence-electron chi connectivity index (χ0n) is 33.1. The summed E-state index contributed by atoms with van der Waals surface area (Å²) in [6.45, 7) is 19.5. The third-order valence-corrected chi connectivity index (χ3v) is 10.5. The molecule has 1 N–H and O–H groups in total. The number of benzene rings is 4. The molecule has 0 fully saturated rings. The van der Waals surface area contributed by atoms with Crippen LogP contribution in [0, 0.1) is 0 Å². The monoisotopic (exact) mass is 788 g/mol. The minimum Gasteiger partial charge on any atom is -0.478 e. The van der Waals surface area contributed by atoms with Gasteiger partial charge in [0.05, 0.1) is 28.9 Å². The van der Waals surface area contributed by atoms with E-state index >= 15 is 0 Å². The van der Waals surface area contributed by atoms with E-state index < -0.39 is 5.97 Å². The Morgan fingerprint density at radius 3 is 1.48 bits per heavy atom. The average Bonchev–Trinajstić information content (AvgIpc) is 3.85. The Morgan fingerprint density at radius 1 is 0.500 bits per heavy atom. The van der Waals surface area contributed by atoms with Crippen LogP contribution in [0.5, 0.6) is 0 Å². The molecule has 0 saturated carbocycles. The molecule has 0 spiro atoms. The summed E-state index contributed by atoms with van der Waals surface area (Å²) in [6, 6.07) is 23.4. The van der Waals surface area contributed by atoms with E-state index in [0.717, 1.165) is 49.4 Å². The van der Waals surface area contributed by atoms with E-state index in [4.69, 9.17) is 39.9 Å². The zero-order chi connectivity index (χ0) is 38.8. The molecule has 7 aromatic rings. The molecule has 2 aliphatic rings. The Hall–Kier alpha value is -5.67. The molecule has 0 amide bonds. The molecular formula is C45H40N8O2Zn. The molecule has 2 aliphatic heterocycles. The van der Waals surface area contributed by atoms with Crippen LogP contribution in [0.3, 0.4) is 0 Å². The predicted octanol–water partition coefficient (Wildman–Crippen LogP) is 9.72. The molecule has 56 heavy (non-hydrogen) atoms. The normalized spacial score (nSPS) is 12.7. The molecule has 0 atom stereocenters. The quantitative estimate of drug-likeness (QED) is 0.160. The maximum absolute atomic E-state index is 12.2. The number of hydrogen-bond acceptors (Lipinski definition) is 7. The fourth-order valence-electron chi connectivity index (χ4n) is 7.81. The van der Waals surface area contributed by atoms with Gasteiger partial charge in [0, 0.05) is 44.8 Å². The van der Waals surface area contributed by atoms with Crippen molar-refractivity contribution in [2.75, 3.05) is 0 Å². The fraction of sp³-hybridized carbons (Fsp3) is 0.267. The summed E-state index contributed by atoms with van der Waals surface area (Å²) < 4.78 is 0. The number of carboxylic acid groups (broad SMARTS) is 1. The largest absolute Gasteiger partial charge is 2.00 e. The molecule has 10 nitrogen and oxygen atoms in total. The molecule has 8 bridgehead atoms. The molecule has 4 aromatic carbocycles. The molecule has 11 heteroatoms. The minimum atomic E-state index is -1.05. The van der Waals surface area contributed by atoms with Gasteiger partial charge in [0.2, 0.25) is 0 Å². The third-order valence-electron chi connectivity index (χ3n) is 10.5. The third kappa shape index (κ3) is 5.91. The summed E-state index contributed by atoms with van der Waals surface area (Å²) in [5, 5.41) is 13.4. The molecule has 0 radical (unpaired) electrons. The summed E-state index contributed by atoms with van der Waals surface area (Å²) in [5.74, 6) is 0.657. The van der Waals surface area contributed by atoms with Crippen molar-refractivity contribution < 1.29 is 29.4 Å². The Bertz CT molecular complexity index is 2980. The molecule has 3 aromatic heterocycles. The van der Waals surface area contributed by atoms with Gasteiger partial charge in [-0.15, -0.1) is 0 Å². The van der Waals surface area contributed by atoms with Crippen molar-refractivity contribution >= 4 is 50.1 Å². The standard InChI is InChI=1S/C45H41N8O2.Zn/c1-43(2,3)28-16-10-13-24-31(28)39-49-34-23-20-19-22(42(54)55)21-27(23)38(46-34)48-37-26-15-12-18-30(45(7,8)9)33(26)41(52-37)53-40-32-25(36(51-40)47-35(24)50-39)14-11-17-29(32)44(4,5)6;/h10-21H,1-9H3,(H2-,46,47,48,49,50,51,52,53,54,55);/q-1;+2/p-1. The number of nitrogens with zero attached hydrogens (tertiary/aromatic N) is 8. The summed E-state index contributed by atoms with van der Waals surface area (Å²) in [4.78, 5) is 53.3. The van der Waals surface area contributed by atoms with Gasteiger partial charge in [-0.05, 0) is 66.6 Å². The molecule has 5 heterocycles. The smallest absolute Gasteiger partial charge is 0.478 e. The Labute approximate surface area is 337 Å². The van der Waals surface area contributed by atoms with Crippen LogP contribution in [0.4, 0.5) is 0 Å². The molecule has 274 valence electrons. The van der Waals surface area contributed by atoms with Crippen LogP contribution in [0.25, 0.3) is 89.7 Å². The van der Waals surface area contributed by atoms with Crippen molar-refractivity contribution in [1.29, 1.82) is 0 Å². The maximum Gasteiger partial charge on any atom is 2.00 e. The van der Waals surface area contributed by atoms with Gasteiger partial charge in [-0.2, -0.15) is 0 Å². The topological polar surface area (TPSA) is 143 Å². The first-order valence-corrected chi connectivity index (χ1v) is 18.5. The number of carboxylic acids is 1. The van der Waals surface area contributed by atoms with E-state index in [1.165, 1.54) is 0 Å². The van der Waals surface area contributed by atoms with Gasteiger partial charge in [0.15, 0.2) is 0 Å². The van der Waals surface area contributed by atoms with Crippen molar-refractivity contribution in [2.45, 2.75) is 78.6 Å². The Morgan fingerprint density at radius 2 is 0.946 bits per heavy atom. The SMILES string of the molecule is CC(C)(C)c1cccc2c1-c1nc-2nc2[n-]c(nc3nc(nc4[n-]c(n1)c1c(C(C)(C)C)cccc41)-c1cc(C(=O)O)ccc1-3)c1c(C(C)(C)C)cccc21.[Zn+2]. The first-order chi connectivity index (χ1) is 26.0. The van der Waals surface area contributed by atoms with Crippen molar-refractivity contribution in [2.24, 2.45) is 0 Å². The van der Waals surface area contributed by atoms with Crippen LogP contribution in [-0.2, 0) is 35.7 Å². The summed E-state index contributed by atoms with van der Waals surface area (Å²) >= 11 is 0. The minimum absolute atomic E-state index is 0.